The van der Waals surface area contributed by atoms with Crippen molar-refractivity contribution in [1.29, 1.82) is 0 Å². The van der Waals surface area contributed by atoms with Crippen molar-refractivity contribution < 1.29 is 4.39 Å². The van der Waals surface area contributed by atoms with E-state index in [0.29, 0.717) is 34.7 Å². The topological polar surface area (TPSA) is 81.1 Å². The van der Waals surface area contributed by atoms with Crippen molar-refractivity contribution in [2.45, 2.75) is 25.3 Å². The molecular formula is C15H15FN6. The molecule has 0 atom stereocenters. The molecule has 3 aromatic heterocycles. The highest BCUT2D eigenvalue weighted by molar-refractivity contribution is 5.65. The number of halogens is 1. The second-order valence-corrected chi connectivity index (χ2v) is 5.49. The third kappa shape index (κ3) is 2.14. The average Bonchev–Trinajstić information content (AvgIpc) is 2.87. The van der Waals surface area contributed by atoms with Crippen LogP contribution in [0, 0.1) is 5.82 Å². The number of hydrogen-bond acceptors (Lipinski definition) is 5. The molecule has 0 amide bonds. The van der Waals surface area contributed by atoms with Gasteiger partial charge in [0.2, 0.25) is 0 Å². The first-order valence-corrected chi connectivity index (χ1v) is 7.23. The van der Waals surface area contributed by atoms with Crippen molar-refractivity contribution in [1.82, 2.24) is 19.4 Å². The zero-order valence-corrected chi connectivity index (χ0v) is 11.8. The Kier molecular flexibility index (Phi) is 2.92. The highest BCUT2D eigenvalue weighted by atomic mass is 19.1. The van der Waals surface area contributed by atoms with Crippen LogP contribution in [0.4, 0.5) is 15.9 Å². The molecule has 3 N–H and O–H groups in total. The minimum atomic E-state index is -0.338. The summed E-state index contributed by atoms with van der Waals surface area (Å²) in [6.45, 7) is 0. The lowest BCUT2D eigenvalue weighted by atomic mass is 9.93. The predicted octanol–water partition coefficient (Wildman–Crippen LogP) is 2.48. The van der Waals surface area contributed by atoms with Crippen LogP contribution in [0.25, 0.3) is 17.2 Å². The maximum absolute atomic E-state index is 13.5. The summed E-state index contributed by atoms with van der Waals surface area (Å²) in [5, 5.41) is 3.33. The maximum Gasteiger partial charge on any atom is 0.180 e. The molecule has 1 fully saturated rings. The van der Waals surface area contributed by atoms with E-state index in [1.165, 1.54) is 18.7 Å². The van der Waals surface area contributed by atoms with E-state index in [1.54, 1.807) is 22.9 Å². The fourth-order valence-corrected chi connectivity index (χ4v) is 2.50. The summed E-state index contributed by atoms with van der Waals surface area (Å²) < 4.78 is 15.1. The second-order valence-electron chi connectivity index (χ2n) is 5.49. The number of rotatable bonds is 3. The lowest BCUT2D eigenvalue weighted by Gasteiger charge is -2.27. The Bertz CT molecular complexity index is 839. The van der Waals surface area contributed by atoms with E-state index in [9.17, 15) is 4.39 Å². The fraction of sp³-hybridized carbons (Fsp3) is 0.267. The van der Waals surface area contributed by atoms with Gasteiger partial charge in [-0.2, -0.15) is 0 Å². The van der Waals surface area contributed by atoms with E-state index in [2.05, 4.69) is 20.3 Å². The number of aromatic nitrogens is 4. The first-order valence-electron chi connectivity index (χ1n) is 7.23. The molecule has 0 radical (unpaired) electrons. The second kappa shape index (κ2) is 4.94. The molecule has 3 aromatic rings. The number of anilines is 2. The lowest BCUT2D eigenvalue weighted by molar-refractivity contribution is 0.444. The van der Waals surface area contributed by atoms with Crippen molar-refractivity contribution in [2.24, 2.45) is 0 Å². The Morgan fingerprint density at radius 2 is 2.09 bits per heavy atom. The highest BCUT2D eigenvalue weighted by Crippen LogP contribution is 2.27. The van der Waals surface area contributed by atoms with Gasteiger partial charge in [-0.1, -0.05) is 0 Å². The predicted molar refractivity (Wildman–Crippen MR) is 81.9 cm³/mol. The summed E-state index contributed by atoms with van der Waals surface area (Å²) in [6, 6.07) is 3.41. The van der Waals surface area contributed by atoms with Crippen molar-refractivity contribution in [3.63, 3.8) is 0 Å². The summed E-state index contributed by atoms with van der Waals surface area (Å²) in [4.78, 5) is 13.0. The standard InChI is InChI=1S/C15H15FN6/c16-9-4-5-13-18-7-12(22(13)8-9)15-19-6-11(17)14(21-15)20-10-2-1-3-10/h4-8,10H,1-3,17H2,(H,19,20,21). The monoisotopic (exact) mass is 298 g/mol. The Hall–Kier alpha value is -2.70. The number of hydrogen-bond donors (Lipinski definition) is 2. The van der Waals surface area contributed by atoms with E-state index < -0.39 is 0 Å². The van der Waals surface area contributed by atoms with Crippen molar-refractivity contribution >= 4 is 17.2 Å². The van der Waals surface area contributed by atoms with Crippen LogP contribution < -0.4 is 11.1 Å². The number of nitrogens with zero attached hydrogens (tertiary/aromatic N) is 4. The van der Waals surface area contributed by atoms with Crippen molar-refractivity contribution in [2.75, 3.05) is 11.1 Å². The SMILES string of the molecule is Nc1cnc(-c2cnc3ccc(F)cn23)nc1NC1CCC1. The molecular weight excluding hydrogens is 283 g/mol. The minimum absolute atomic E-state index is 0.338. The van der Waals surface area contributed by atoms with Crippen LogP contribution in [-0.4, -0.2) is 25.4 Å². The normalized spacial score (nSPS) is 15.0. The van der Waals surface area contributed by atoms with Gasteiger partial charge in [-0.05, 0) is 31.4 Å². The van der Waals surface area contributed by atoms with Crippen molar-refractivity contribution in [3.05, 3.63) is 36.5 Å². The van der Waals surface area contributed by atoms with Gasteiger partial charge in [0.1, 0.15) is 17.2 Å². The first-order chi connectivity index (χ1) is 10.7. The molecule has 0 unspecified atom stereocenters. The number of nitrogens with one attached hydrogen (secondary N) is 1. The van der Waals surface area contributed by atoms with E-state index in [0.717, 1.165) is 12.8 Å². The van der Waals surface area contributed by atoms with Gasteiger partial charge in [-0.3, -0.25) is 4.40 Å². The number of fused-ring (bicyclic) bond motifs is 1. The molecule has 0 bridgehead atoms. The fourth-order valence-electron chi connectivity index (χ4n) is 2.50. The van der Waals surface area contributed by atoms with Crippen LogP contribution in [0.2, 0.25) is 0 Å². The van der Waals surface area contributed by atoms with E-state index >= 15 is 0 Å². The third-order valence-corrected chi connectivity index (χ3v) is 3.96. The Morgan fingerprint density at radius 1 is 1.23 bits per heavy atom. The molecule has 112 valence electrons. The molecule has 22 heavy (non-hydrogen) atoms. The molecule has 0 saturated heterocycles. The van der Waals surface area contributed by atoms with Crippen LogP contribution in [0.5, 0.6) is 0 Å². The zero-order chi connectivity index (χ0) is 15.1. The van der Waals surface area contributed by atoms with Gasteiger partial charge in [0, 0.05) is 12.2 Å². The van der Waals surface area contributed by atoms with Crippen LogP contribution in [0.15, 0.2) is 30.7 Å². The quantitative estimate of drug-likeness (QED) is 0.776. The van der Waals surface area contributed by atoms with Gasteiger partial charge in [0.15, 0.2) is 11.6 Å². The number of imidazole rings is 1. The van der Waals surface area contributed by atoms with Crippen LogP contribution >= 0.6 is 0 Å². The Balaban J connectivity index is 1.77. The molecule has 3 heterocycles. The summed E-state index contributed by atoms with van der Waals surface area (Å²) in [6.07, 6.45) is 8.05. The van der Waals surface area contributed by atoms with Gasteiger partial charge < -0.3 is 11.1 Å². The van der Waals surface area contributed by atoms with Gasteiger partial charge in [-0.15, -0.1) is 0 Å². The van der Waals surface area contributed by atoms with Gasteiger partial charge in [0.05, 0.1) is 18.1 Å². The summed E-state index contributed by atoms with van der Waals surface area (Å²) in [5.41, 5.74) is 7.72. The van der Waals surface area contributed by atoms with Gasteiger partial charge >= 0.3 is 0 Å². The molecule has 1 aliphatic rings. The zero-order valence-electron chi connectivity index (χ0n) is 11.8. The third-order valence-electron chi connectivity index (χ3n) is 3.96. The maximum atomic E-state index is 13.5. The molecule has 1 aliphatic carbocycles. The highest BCUT2D eigenvalue weighted by Gasteiger charge is 2.19. The minimum Gasteiger partial charge on any atom is -0.394 e. The smallest absolute Gasteiger partial charge is 0.180 e. The summed E-state index contributed by atoms with van der Waals surface area (Å²) in [5.74, 6) is 0.755. The van der Waals surface area contributed by atoms with Crippen LogP contribution in [-0.2, 0) is 0 Å². The lowest BCUT2D eigenvalue weighted by Crippen LogP contribution is -2.28. The Morgan fingerprint density at radius 3 is 2.86 bits per heavy atom. The largest absolute Gasteiger partial charge is 0.394 e. The molecule has 0 spiro atoms. The number of nitrogen functional groups attached to an aromatic ring is 1. The van der Waals surface area contributed by atoms with Gasteiger partial charge in [0.25, 0.3) is 0 Å². The van der Waals surface area contributed by atoms with Crippen molar-refractivity contribution in [3.8, 4) is 11.5 Å². The van der Waals surface area contributed by atoms with E-state index in [4.69, 9.17) is 5.73 Å². The molecule has 7 heteroatoms. The molecule has 0 aliphatic heterocycles. The molecule has 4 rings (SSSR count). The summed E-state index contributed by atoms with van der Waals surface area (Å²) >= 11 is 0. The molecule has 6 nitrogen and oxygen atoms in total. The first kappa shape index (κ1) is 13.0. The number of pyridine rings is 1. The van der Waals surface area contributed by atoms with Gasteiger partial charge in [-0.25, -0.2) is 19.3 Å². The number of nitrogens with two attached hydrogens (primary N) is 1. The Labute approximate surface area is 126 Å². The average molecular weight is 298 g/mol. The summed E-state index contributed by atoms with van der Waals surface area (Å²) in [7, 11) is 0. The van der Waals surface area contributed by atoms with E-state index in [-0.39, 0.29) is 5.82 Å². The molecule has 1 saturated carbocycles. The van der Waals surface area contributed by atoms with E-state index in [1.807, 2.05) is 0 Å². The molecule has 0 aromatic carbocycles. The van der Waals surface area contributed by atoms with Crippen LogP contribution in [0.1, 0.15) is 19.3 Å². The van der Waals surface area contributed by atoms with Crippen LogP contribution in [0.3, 0.4) is 0 Å².